The van der Waals surface area contributed by atoms with Gasteiger partial charge in [-0.15, -0.1) is 0 Å². The van der Waals surface area contributed by atoms with Crippen LogP contribution in [0.5, 0.6) is 0 Å². The minimum absolute atomic E-state index is 0.0518. The second-order valence-electron chi connectivity index (χ2n) is 8.77. The van der Waals surface area contributed by atoms with E-state index in [9.17, 15) is 19.2 Å². The molecule has 1 saturated heterocycles. The average molecular weight is 496 g/mol. The standard InChI is InChI=1S/C24H29BN4O7/c1-15(2)11-20(25-35-21(30)13-19(34-3)24(33)36-25)29-22(31)17(12-16-7-5-4-6-8-16)28-23(32)18-14-26-9-10-27-18/h4-10,14-15,17,19-20H,11-13H2,1-3H3,(H,28,32)(H,29,31)/t17-,19+,20-/m0/s1. The third kappa shape index (κ3) is 7.60. The van der Waals surface area contributed by atoms with Gasteiger partial charge in [0.05, 0.1) is 18.6 Å². The largest absolute Gasteiger partial charge is 0.622 e. The Morgan fingerprint density at radius 1 is 1.14 bits per heavy atom. The zero-order chi connectivity index (χ0) is 26.1. The third-order valence-electron chi connectivity index (χ3n) is 5.46. The lowest BCUT2D eigenvalue weighted by Crippen LogP contribution is -2.56. The smallest absolute Gasteiger partial charge is 0.498 e. The van der Waals surface area contributed by atoms with Crippen molar-refractivity contribution in [2.45, 2.75) is 51.2 Å². The number of methoxy groups -OCH3 is 1. The van der Waals surface area contributed by atoms with Gasteiger partial charge in [0.1, 0.15) is 11.7 Å². The van der Waals surface area contributed by atoms with Crippen molar-refractivity contribution < 1.29 is 33.2 Å². The van der Waals surface area contributed by atoms with Crippen molar-refractivity contribution in [3.8, 4) is 0 Å². The molecule has 0 aliphatic carbocycles. The van der Waals surface area contributed by atoms with E-state index in [1.807, 2.05) is 44.2 Å². The van der Waals surface area contributed by atoms with Crippen LogP contribution >= 0.6 is 0 Å². The Bertz CT molecular complexity index is 1050. The van der Waals surface area contributed by atoms with Crippen LogP contribution in [0.1, 0.15) is 42.7 Å². The molecule has 1 aromatic heterocycles. The molecule has 190 valence electrons. The van der Waals surface area contributed by atoms with Crippen LogP contribution in [-0.4, -0.2) is 66.0 Å². The summed E-state index contributed by atoms with van der Waals surface area (Å²) in [5.41, 5.74) is 0.868. The molecule has 2 heterocycles. The lowest BCUT2D eigenvalue weighted by atomic mass is 9.73. The van der Waals surface area contributed by atoms with Crippen LogP contribution in [-0.2, 0) is 34.9 Å². The molecule has 1 aliphatic rings. The number of benzene rings is 1. The summed E-state index contributed by atoms with van der Waals surface area (Å²) in [5.74, 6) is -3.36. The highest BCUT2D eigenvalue weighted by molar-refractivity contribution is 6.51. The van der Waals surface area contributed by atoms with Gasteiger partial charge in [0, 0.05) is 25.9 Å². The van der Waals surface area contributed by atoms with E-state index in [2.05, 4.69) is 20.6 Å². The Balaban J connectivity index is 1.82. The molecule has 12 heteroatoms. The van der Waals surface area contributed by atoms with Gasteiger partial charge in [-0.3, -0.25) is 24.2 Å². The lowest BCUT2D eigenvalue weighted by molar-refractivity contribution is -0.147. The number of nitrogens with one attached hydrogen (secondary N) is 2. The number of carbonyl (C=O) groups excluding carboxylic acids is 4. The zero-order valence-corrected chi connectivity index (χ0v) is 20.4. The topological polar surface area (TPSA) is 146 Å². The van der Waals surface area contributed by atoms with E-state index >= 15 is 0 Å². The van der Waals surface area contributed by atoms with Gasteiger partial charge in [0.25, 0.3) is 11.9 Å². The Hall–Kier alpha value is -3.80. The Morgan fingerprint density at radius 3 is 2.53 bits per heavy atom. The maximum absolute atomic E-state index is 13.5. The molecule has 0 bridgehead atoms. The van der Waals surface area contributed by atoms with Crippen LogP contribution in [0.2, 0.25) is 0 Å². The summed E-state index contributed by atoms with van der Waals surface area (Å²) in [6.07, 6.45) is 3.25. The van der Waals surface area contributed by atoms with Crippen molar-refractivity contribution in [2.24, 2.45) is 5.92 Å². The summed E-state index contributed by atoms with van der Waals surface area (Å²) in [5, 5.41) is 5.51. The highest BCUT2D eigenvalue weighted by Gasteiger charge is 2.44. The average Bonchev–Trinajstić information content (AvgIpc) is 3.01. The summed E-state index contributed by atoms with van der Waals surface area (Å²) in [7, 11) is -0.0505. The first-order chi connectivity index (χ1) is 17.3. The van der Waals surface area contributed by atoms with Crippen molar-refractivity contribution in [3.63, 3.8) is 0 Å². The predicted molar refractivity (Wildman–Crippen MR) is 128 cm³/mol. The van der Waals surface area contributed by atoms with Crippen molar-refractivity contribution >= 4 is 30.9 Å². The molecule has 0 radical (unpaired) electrons. The number of rotatable bonds is 10. The van der Waals surface area contributed by atoms with E-state index < -0.39 is 49.0 Å². The Morgan fingerprint density at radius 2 is 1.89 bits per heavy atom. The predicted octanol–water partition coefficient (Wildman–Crippen LogP) is 0.881. The summed E-state index contributed by atoms with van der Waals surface area (Å²) in [6.45, 7) is 3.82. The molecule has 2 N–H and O–H groups in total. The maximum atomic E-state index is 13.5. The van der Waals surface area contributed by atoms with Crippen LogP contribution in [0.3, 0.4) is 0 Å². The van der Waals surface area contributed by atoms with Gasteiger partial charge >= 0.3 is 13.1 Å². The van der Waals surface area contributed by atoms with Gasteiger partial charge in [-0.1, -0.05) is 44.2 Å². The molecule has 0 saturated carbocycles. The van der Waals surface area contributed by atoms with E-state index in [0.717, 1.165) is 5.56 Å². The summed E-state index contributed by atoms with van der Waals surface area (Å²) in [6, 6.07) is 8.16. The Kier molecular flexibility index (Phi) is 9.51. The van der Waals surface area contributed by atoms with E-state index in [1.54, 1.807) is 0 Å². The van der Waals surface area contributed by atoms with Crippen LogP contribution in [0.15, 0.2) is 48.9 Å². The first-order valence-corrected chi connectivity index (χ1v) is 11.6. The number of hydrogen-bond acceptors (Lipinski definition) is 9. The molecule has 2 aromatic rings. The van der Waals surface area contributed by atoms with E-state index in [1.165, 1.54) is 25.7 Å². The quantitative estimate of drug-likeness (QED) is 0.458. The molecule has 1 aromatic carbocycles. The second-order valence-corrected chi connectivity index (χ2v) is 8.77. The zero-order valence-electron chi connectivity index (χ0n) is 20.4. The van der Waals surface area contributed by atoms with Crippen LogP contribution in [0.4, 0.5) is 0 Å². The fraction of sp³-hybridized carbons (Fsp3) is 0.417. The molecule has 3 rings (SSSR count). The molecule has 3 atom stereocenters. The van der Waals surface area contributed by atoms with Crippen molar-refractivity contribution in [1.82, 2.24) is 20.6 Å². The maximum Gasteiger partial charge on any atom is 0.622 e. The molecular weight excluding hydrogens is 467 g/mol. The van der Waals surface area contributed by atoms with Gasteiger partial charge in [0.15, 0.2) is 6.10 Å². The van der Waals surface area contributed by atoms with Gasteiger partial charge in [-0.05, 0) is 17.9 Å². The minimum Gasteiger partial charge on any atom is -0.498 e. The van der Waals surface area contributed by atoms with Crippen molar-refractivity contribution in [2.75, 3.05) is 7.11 Å². The summed E-state index contributed by atoms with van der Waals surface area (Å²) < 4.78 is 15.7. The molecule has 1 fully saturated rings. The van der Waals surface area contributed by atoms with Crippen molar-refractivity contribution in [3.05, 3.63) is 60.2 Å². The fourth-order valence-electron chi connectivity index (χ4n) is 3.71. The number of carbonyl (C=O) groups is 4. The molecule has 0 spiro atoms. The molecular formula is C24H29BN4O7. The number of aromatic nitrogens is 2. The van der Waals surface area contributed by atoms with E-state index in [4.69, 9.17) is 14.0 Å². The molecule has 11 nitrogen and oxygen atoms in total. The molecule has 0 unspecified atom stereocenters. The number of ether oxygens (including phenoxy) is 1. The second kappa shape index (κ2) is 12.8. The highest BCUT2D eigenvalue weighted by atomic mass is 16.7. The van der Waals surface area contributed by atoms with Gasteiger partial charge in [-0.2, -0.15) is 0 Å². The molecule has 2 amide bonds. The Labute approximate surface area is 209 Å². The SMILES string of the molecule is CO[C@@H]1CC(=O)OB([C@H](CC(C)C)NC(=O)[C@H](Cc2ccccc2)NC(=O)c2cnccn2)OC1=O. The lowest BCUT2D eigenvalue weighted by Gasteiger charge is -2.26. The highest BCUT2D eigenvalue weighted by Crippen LogP contribution is 2.17. The van der Waals surface area contributed by atoms with Crippen molar-refractivity contribution in [1.29, 1.82) is 0 Å². The summed E-state index contributed by atoms with van der Waals surface area (Å²) in [4.78, 5) is 58.7. The van der Waals surface area contributed by atoms with Crippen LogP contribution in [0.25, 0.3) is 0 Å². The first-order valence-electron chi connectivity index (χ1n) is 11.6. The fourth-order valence-corrected chi connectivity index (χ4v) is 3.71. The first kappa shape index (κ1) is 26.8. The number of amides is 2. The minimum atomic E-state index is -1.34. The third-order valence-corrected chi connectivity index (χ3v) is 5.46. The van der Waals surface area contributed by atoms with Crippen LogP contribution < -0.4 is 10.6 Å². The molecule has 1 aliphatic heterocycles. The van der Waals surface area contributed by atoms with Gasteiger partial charge < -0.3 is 24.7 Å². The van der Waals surface area contributed by atoms with Gasteiger partial charge in [0.2, 0.25) is 5.91 Å². The van der Waals surface area contributed by atoms with Crippen LogP contribution in [0, 0.1) is 5.92 Å². The monoisotopic (exact) mass is 496 g/mol. The number of nitrogens with zero attached hydrogens (tertiary/aromatic N) is 2. The van der Waals surface area contributed by atoms with E-state index in [-0.39, 0.29) is 24.5 Å². The normalized spacial score (nSPS) is 17.4. The molecule has 36 heavy (non-hydrogen) atoms. The number of hydrogen-bond donors (Lipinski definition) is 2. The van der Waals surface area contributed by atoms with Gasteiger partial charge in [-0.25, -0.2) is 4.98 Å². The van der Waals surface area contributed by atoms with E-state index in [0.29, 0.717) is 6.42 Å². The summed E-state index contributed by atoms with van der Waals surface area (Å²) >= 11 is 0.